The Balaban J connectivity index is 2.13. The molecule has 1 fully saturated rings. The van der Waals surface area contributed by atoms with Crippen molar-refractivity contribution in [2.45, 2.75) is 31.8 Å². The third-order valence-corrected chi connectivity index (χ3v) is 7.53. The highest BCUT2D eigenvalue weighted by molar-refractivity contribution is 7.64. The largest absolute Gasteiger partial charge is 0.790 e. The predicted molar refractivity (Wildman–Crippen MR) is 95.5 cm³/mol. The lowest BCUT2D eigenvalue weighted by Crippen LogP contribution is -2.33. The SMILES string of the molecule is C=CCOC1C[C@H](n2cc(C)c(=O)[nH]c2=O)O[C@@H]1COP(=O)([O-])OP(=O)([O-])OP(=O)([O-])[O-]. The standard InChI is InChI=1S/C13H21N2O14P3/c1-3-4-25-9-5-11(15-6-8(2)12(16)14-13(15)17)27-10(9)7-26-31(21,22)29-32(23,24)28-30(18,19)20/h3,6,9-11H,1,4-5,7H2,2H3,(H,21,22)(H,23,24)(H,14,16,17)(H2,18,19,20)/p-4/t9?,10-,11-/m1/s1. The Kier molecular flexibility index (Phi) is 8.73. The third kappa shape index (κ3) is 7.96. The molecule has 0 bridgehead atoms. The highest BCUT2D eigenvalue weighted by Gasteiger charge is 2.38. The van der Waals surface area contributed by atoms with E-state index in [0.717, 1.165) is 4.57 Å². The molecule has 0 amide bonds. The second-order valence-corrected chi connectivity index (χ2v) is 10.6. The molecule has 3 unspecified atom stereocenters. The van der Waals surface area contributed by atoms with Gasteiger partial charge in [-0.2, -0.15) is 0 Å². The van der Waals surface area contributed by atoms with E-state index in [2.05, 4.69) is 24.7 Å². The van der Waals surface area contributed by atoms with Crippen molar-refractivity contribution < 1.29 is 55.9 Å². The van der Waals surface area contributed by atoms with E-state index < -0.39 is 59.8 Å². The summed E-state index contributed by atoms with van der Waals surface area (Å²) in [5, 5.41) is 0. The molecule has 1 aromatic heterocycles. The molecular formula is C13H17N2O14P3-4. The van der Waals surface area contributed by atoms with Crippen LogP contribution in [0.1, 0.15) is 18.2 Å². The molecule has 182 valence electrons. The van der Waals surface area contributed by atoms with Crippen molar-refractivity contribution in [2.75, 3.05) is 13.2 Å². The van der Waals surface area contributed by atoms with E-state index in [1.54, 1.807) is 0 Å². The first-order valence-corrected chi connectivity index (χ1v) is 12.9. The molecule has 0 radical (unpaired) electrons. The minimum Gasteiger partial charge on any atom is -0.790 e. The molecule has 1 aromatic rings. The molecule has 5 atom stereocenters. The zero-order valence-electron chi connectivity index (χ0n) is 16.2. The lowest BCUT2D eigenvalue weighted by molar-refractivity contribution is -0.339. The van der Waals surface area contributed by atoms with Gasteiger partial charge in [0.05, 0.1) is 27.1 Å². The Hall–Kier alpha value is -1.25. The van der Waals surface area contributed by atoms with E-state index in [0.29, 0.717) is 0 Å². The minimum absolute atomic E-state index is 0.00399. The summed E-state index contributed by atoms with van der Waals surface area (Å²) >= 11 is 0. The summed E-state index contributed by atoms with van der Waals surface area (Å²) < 4.78 is 56.3. The number of aryl methyl sites for hydroxylation is 1. The summed E-state index contributed by atoms with van der Waals surface area (Å²) in [7, 11) is -18.0. The van der Waals surface area contributed by atoms with Crippen LogP contribution >= 0.6 is 23.5 Å². The Bertz CT molecular complexity index is 1090. The van der Waals surface area contributed by atoms with Gasteiger partial charge in [-0.3, -0.25) is 27.8 Å². The van der Waals surface area contributed by atoms with Gasteiger partial charge in [0.15, 0.2) is 0 Å². The quantitative estimate of drug-likeness (QED) is 0.235. The van der Waals surface area contributed by atoms with Crippen LogP contribution in [0.5, 0.6) is 0 Å². The van der Waals surface area contributed by atoms with Crippen molar-refractivity contribution in [1.82, 2.24) is 9.55 Å². The van der Waals surface area contributed by atoms with Gasteiger partial charge in [0, 0.05) is 18.2 Å². The number of aromatic nitrogens is 2. The van der Waals surface area contributed by atoms with Crippen LogP contribution in [0.2, 0.25) is 0 Å². The predicted octanol–water partition coefficient (Wildman–Crippen LogP) is -2.48. The average molecular weight is 518 g/mol. The molecule has 0 spiro atoms. The van der Waals surface area contributed by atoms with Crippen LogP contribution in [0.3, 0.4) is 0 Å². The summed E-state index contributed by atoms with van der Waals surface area (Å²) in [5.74, 6) is 0. The fourth-order valence-corrected chi connectivity index (χ4v) is 5.50. The van der Waals surface area contributed by atoms with Crippen LogP contribution in [0.4, 0.5) is 0 Å². The Morgan fingerprint density at radius 1 is 1.22 bits per heavy atom. The van der Waals surface area contributed by atoms with Crippen molar-refractivity contribution in [2.24, 2.45) is 0 Å². The first kappa shape index (κ1) is 27.0. The van der Waals surface area contributed by atoms with Gasteiger partial charge >= 0.3 is 5.69 Å². The Morgan fingerprint density at radius 3 is 2.47 bits per heavy atom. The molecule has 16 nitrogen and oxygen atoms in total. The van der Waals surface area contributed by atoms with Crippen LogP contribution in [0.25, 0.3) is 0 Å². The number of ether oxygens (including phenoxy) is 2. The summed E-state index contributed by atoms with van der Waals surface area (Å²) in [6.07, 6.45) is -0.503. The first-order valence-electron chi connectivity index (χ1n) is 8.54. The molecule has 19 heteroatoms. The van der Waals surface area contributed by atoms with E-state index in [9.17, 15) is 42.9 Å². The highest BCUT2D eigenvalue weighted by atomic mass is 31.3. The summed E-state index contributed by atoms with van der Waals surface area (Å²) in [4.78, 5) is 69.3. The van der Waals surface area contributed by atoms with Gasteiger partial charge in [-0.15, -0.1) is 6.58 Å². The molecule has 1 aliphatic heterocycles. The second-order valence-electron chi connectivity index (χ2n) is 6.30. The number of H-pyrrole nitrogens is 1. The van der Waals surface area contributed by atoms with Crippen LogP contribution in [-0.2, 0) is 36.3 Å². The lowest BCUT2D eigenvalue weighted by Gasteiger charge is -2.37. The molecule has 2 heterocycles. The number of hydrogen-bond acceptors (Lipinski definition) is 14. The fraction of sp³-hybridized carbons (Fsp3) is 0.538. The van der Waals surface area contributed by atoms with Crippen molar-refractivity contribution in [1.29, 1.82) is 0 Å². The summed E-state index contributed by atoms with van der Waals surface area (Å²) in [6.45, 7) is 4.00. The second kappa shape index (κ2) is 10.3. The average Bonchev–Trinajstić information content (AvgIpc) is 3.01. The highest BCUT2D eigenvalue weighted by Crippen LogP contribution is 2.60. The first-order chi connectivity index (χ1) is 14.6. The molecular weight excluding hydrogens is 501 g/mol. The van der Waals surface area contributed by atoms with Gasteiger partial charge in [0.2, 0.25) is 0 Å². The number of aromatic amines is 1. The van der Waals surface area contributed by atoms with E-state index in [-0.39, 0.29) is 18.6 Å². The number of nitrogens with zero attached hydrogens (tertiary/aromatic N) is 1. The maximum atomic E-state index is 12.1. The van der Waals surface area contributed by atoms with Gasteiger partial charge in [-0.05, 0) is 6.92 Å². The van der Waals surface area contributed by atoms with E-state index in [1.807, 2.05) is 0 Å². The van der Waals surface area contributed by atoms with Gasteiger partial charge in [-0.25, -0.2) is 9.11 Å². The number of rotatable bonds is 11. The molecule has 32 heavy (non-hydrogen) atoms. The van der Waals surface area contributed by atoms with Gasteiger partial charge in [0.1, 0.15) is 12.3 Å². The Morgan fingerprint density at radius 2 is 1.88 bits per heavy atom. The van der Waals surface area contributed by atoms with Crippen LogP contribution < -0.4 is 30.8 Å². The van der Waals surface area contributed by atoms with Crippen LogP contribution in [-0.4, -0.2) is 35.0 Å². The molecule has 1 saturated heterocycles. The fourth-order valence-electron chi connectivity index (χ4n) is 2.64. The molecule has 1 N–H and O–H groups in total. The molecule has 1 aliphatic rings. The van der Waals surface area contributed by atoms with Gasteiger partial charge in [-0.1, -0.05) is 6.08 Å². The Labute approximate surface area is 179 Å². The van der Waals surface area contributed by atoms with E-state index in [1.165, 1.54) is 19.2 Å². The number of hydrogen-bond donors (Lipinski definition) is 1. The number of phosphoric ester groups is 1. The smallest absolute Gasteiger partial charge is 0.330 e. The van der Waals surface area contributed by atoms with Crippen LogP contribution in [0, 0.1) is 6.92 Å². The molecule has 0 aliphatic carbocycles. The summed E-state index contributed by atoms with van der Waals surface area (Å²) in [6, 6.07) is 0. The van der Waals surface area contributed by atoms with Gasteiger partial charge in [0.25, 0.3) is 21.2 Å². The maximum absolute atomic E-state index is 12.1. The van der Waals surface area contributed by atoms with Crippen LogP contribution in [0.15, 0.2) is 28.4 Å². The molecule has 2 rings (SSSR count). The maximum Gasteiger partial charge on any atom is 0.330 e. The van der Waals surface area contributed by atoms with Crippen molar-refractivity contribution in [3.63, 3.8) is 0 Å². The zero-order valence-corrected chi connectivity index (χ0v) is 18.9. The van der Waals surface area contributed by atoms with Crippen molar-refractivity contribution >= 4 is 23.5 Å². The topological polar surface area (TPSA) is 244 Å². The molecule has 0 aromatic carbocycles. The minimum atomic E-state index is -6.12. The number of nitrogens with one attached hydrogen (secondary N) is 1. The van der Waals surface area contributed by atoms with Crippen molar-refractivity contribution in [3.05, 3.63) is 45.3 Å². The molecule has 0 saturated carbocycles. The monoisotopic (exact) mass is 518 g/mol. The number of phosphoric acid groups is 3. The summed E-state index contributed by atoms with van der Waals surface area (Å²) in [5.41, 5.74) is -1.23. The lowest BCUT2D eigenvalue weighted by atomic mass is 10.2. The zero-order chi connectivity index (χ0) is 24.3. The normalized spacial score (nSPS) is 25.2. The van der Waals surface area contributed by atoms with E-state index >= 15 is 0 Å². The van der Waals surface area contributed by atoms with E-state index in [4.69, 9.17) is 9.47 Å². The third-order valence-electron chi connectivity index (χ3n) is 3.86. The van der Waals surface area contributed by atoms with Crippen molar-refractivity contribution in [3.8, 4) is 0 Å². The van der Waals surface area contributed by atoms with Gasteiger partial charge < -0.3 is 38.1 Å².